The first-order chi connectivity index (χ1) is 30.0. The average molecular weight is 902 g/mol. The molecule has 8 nitrogen and oxygen atoms in total. The average Bonchev–Trinajstić information content (AvgIpc) is 3.23. The van der Waals surface area contributed by atoms with Crippen molar-refractivity contribution in [2.75, 3.05) is 40.9 Å². The minimum absolute atomic E-state index is 0.0791. The Bertz CT molecular complexity index is 978. The number of rotatable bonds is 51. The van der Waals surface area contributed by atoms with E-state index in [-0.39, 0.29) is 19.1 Å². The molecule has 0 aliphatic rings. The number of aliphatic hydroxyl groups is 1. The van der Waals surface area contributed by atoms with Crippen LogP contribution in [0.1, 0.15) is 284 Å². The molecule has 0 saturated heterocycles. The third-order valence-corrected chi connectivity index (χ3v) is 13.8. The van der Waals surface area contributed by atoms with E-state index in [9.17, 15) is 19.4 Å². The molecule has 9 heteroatoms. The lowest BCUT2D eigenvalue weighted by Crippen LogP contribution is -2.46. The number of hydrogen-bond acceptors (Lipinski definition) is 5. The number of nitrogens with one attached hydrogen (secondary N) is 1. The first-order valence-corrected chi connectivity index (χ1v) is 28.9. The van der Waals surface area contributed by atoms with E-state index in [4.69, 9.17) is 9.05 Å². The van der Waals surface area contributed by atoms with Gasteiger partial charge in [0.2, 0.25) is 5.91 Å². The fraction of sp³-hybridized carbons (Fsp3) is 0.981. The molecular weight excluding hydrogens is 792 g/mol. The van der Waals surface area contributed by atoms with E-state index in [1.807, 2.05) is 21.1 Å². The predicted octanol–water partition coefficient (Wildman–Crippen LogP) is 16.1. The summed E-state index contributed by atoms with van der Waals surface area (Å²) in [7, 11) is 1.63. The van der Waals surface area contributed by atoms with Crippen molar-refractivity contribution in [2.45, 2.75) is 296 Å². The summed E-state index contributed by atoms with van der Waals surface area (Å²) in [6.45, 7) is 4.94. The fourth-order valence-electron chi connectivity index (χ4n) is 8.52. The standard InChI is InChI=1S/C53H109N2O6P/c1-6-8-10-12-14-16-18-20-22-24-26-27-28-29-30-32-34-36-38-40-42-44-46-52(56)51(50-61-62(58,59)60-49-48-55(3,4)5)54-53(57)47-45-43-41-39-37-35-33-31-25-23-21-19-17-15-13-11-9-7-2/h51-52,56H,6-50H2,1-5H3,(H-,54,57,58,59)/p+1. The Balaban J connectivity index is 4.17. The van der Waals surface area contributed by atoms with Crippen LogP contribution in [0, 0.1) is 0 Å². The van der Waals surface area contributed by atoms with Gasteiger partial charge in [-0.1, -0.05) is 264 Å². The molecular formula is C53H110N2O6P+. The number of carbonyl (C=O) groups excluding carboxylic acids is 1. The lowest BCUT2D eigenvalue weighted by molar-refractivity contribution is -0.870. The highest BCUT2D eigenvalue weighted by molar-refractivity contribution is 7.47. The zero-order chi connectivity index (χ0) is 45.7. The molecule has 0 bridgehead atoms. The molecule has 0 aromatic rings. The molecule has 3 N–H and O–H groups in total. The second-order valence-electron chi connectivity index (χ2n) is 20.3. The maximum atomic E-state index is 13.0. The molecule has 3 atom stereocenters. The van der Waals surface area contributed by atoms with Crippen molar-refractivity contribution in [3.05, 3.63) is 0 Å². The van der Waals surface area contributed by atoms with Crippen LogP contribution in [-0.2, 0) is 18.4 Å². The van der Waals surface area contributed by atoms with E-state index in [1.54, 1.807) is 0 Å². The van der Waals surface area contributed by atoms with Gasteiger partial charge >= 0.3 is 7.82 Å². The maximum absolute atomic E-state index is 13.0. The van der Waals surface area contributed by atoms with Crippen LogP contribution in [-0.4, -0.2) is 73.4 Å². The zero-order valence-electron chi connectivity index (χ0n) is 42.4. The van der Waals surface area contributed by atoms with Gasteiger partial charge in [-0.05, 0) is 12.8 Å². The molecule has 1 amide bonds. The van der Waals surface area contributed by atoms with Crippen LogP contribution in [0.15, 0.2) is 0 Å². The van der Waals surface area contributed by atoms with Gasteiger partial charge in [-0.25, -0.2) is 4.57 Å². The van der Waals surface area contributed by atoms with E-state index < -0.39 is 20.0 Å². The summed E-state index contributed by atoms with van der Waals surface area (Å²) in [5.74, 6) is -0.137. The van der Waals surface area contributed by atoms with Crippen molar-refractivity contribution >= 4 is 13.7 Å². The molecule has 0 heterocycles. The normalized spacial score (nSPS) is 14.0. The number of nitrogens with zero attached hydrogens (tertiary/aromatic N) is 1. The molecule has 0 aromatic carbocycles. The predicted molar refractivity (Wildman–Crippen MR) is 268 cm³/mol. The summed E-state index contributed by atoms with van der Waals surface area (Å²) in [5.41, 5.74) is 0. The first kappa shape index (κ1) is 61.5. The largest absolute Gasteiger partial charge is 0.472 e. The third kappa shape index (κ3) is 47.5. The monoisotopic (exact) mass is 902 g/mol. The highest BCUT2D eigenvalue weighted by atomic mass is 31.2. The first-order valence-electron chi connectivity index (χ1n) is 27.4. The highest BCUT2D eigenvalue weighted by Gasteiger charge is 2.28. The fourth-order valence-corrected chi connectivity index (χ4v) is 9.26. The zero-order valence-corrected chi connectivity index (χ0v) is 43.3. The summed E-state index contributed by atoms with van der Waals surface area (Å²) in [6.07, 6.45) is 52.9. The van der Waals surface area contributed by atoms with Crippen molar-refractivity contribution in [3.63, 3.8) is 0 Å². The van der Waals surface area contributed by atoms with Gasteiger partial charge in [0.15, 0.2) is 0 Å². The topological polar surface area (TPSA) is 105 Å². The number of aliphatic hydroxyl groups excluding tert-OH is 1. The van der Waals surface area contributed by atoms with E-state index >= 15 is 0 Å². The number of carbonyl (C=O) groups is 1. The van der Waals surface area contributed by atoms with Gasteiger partial charge in [0.1, 0.15) is 13.2 Å². The van der Waals surface area contributed by atoms with E-state index in [2.05, 4.69) is 19.2 Å². The highest BCUT2D eigenvalue weighted by Crippen LogP contribution is 2.43. The van der Waals surface area contributed by atoms with Crippen LogP contribution in [0.4, 0.5) is 0 Å². The Hall–Kier alpha value is -0.500. The molecule has 372 valence electrons. The van der Waals surface area contributed by atoms with Crippen molar-refractivity contribution in [1.82, 2.24) is 5.32 Å². The number of unbranched alkanes of at least 4 members (excludes halogenated alkanes) is 38. The molecule has 0 spiro atoms. The Morgan fingerprint density at radius 2 is 0.774 bits per heavy atom. The molecule has 0 rings (SSSR count). The van der Waals surface area contributed by atoms with E-state index in [1.165, 1.54) is 218 Å². The quantitative estimate of drug-likeness (QED) is 0.0319. The van der Waals surface area contributed by atoms with Gasteiger partial charge in [0, 0.05) is 6.42 Å². The van der Waals surface area contributed by atoms with Crippen LogP contribution in [0.2, 0.25) is 0 Å². The lowest BCUT2D eigenvalue weighted by atomic mass is 10.0. The third-order valence-electron chi connectivity index (χ3n) is 12.9. The Morgan fingerprint density at radius 1 is 0.484 bits per heavy atom. The Labute approximate surface area is 387 Å². The Morgan fingerprint density at radius 3 is 1.08 bits per heavy atom. The van der Waals surface area contributed by atoms with Crippen molar-refractivity contribution in [2.24, 2.45) is 0 Å². The van der Waals surface area contributed by atoms with Crippen LogP contribution in [0.5, 0.6) is 0 Å². The Kier molecular flexibility index (Phi) is 45.3. The van der Waals surface area contributed by atoms with Gasteiger partial charge in [0.05, 0.1) is 39.9 Å². The number of amides is 1. The molecule has 0 fully saturated rings. The van der Waals surface area contributed by atoms with Crippen molar-refractivity contribution in [3.8, 4) is 0 Å². The molecule has 3 unspecified atom stereocenters. The number of phosphoric ester groups is 1. The minimum Gasteiger partial charge on any atom is -0.391 e. The van der Waals surface area contributed by atoms with E-state index in [0.29, 0.717) is 23.9 Å². The molecule has 0 aliphatic heterocycles. The van der Waals surface area contributed by atoms with E-state index in [0.717, 1.165) is 38.5 Å². The maximum Gasteiger partial charge on any atom is 0.472 e. The van der Waals surface area contributed by atoms with Gasteiger partial charge in [-0.15, -0.1) is 0 Å². The lowest BCUT2D eigenvalue weighted by Gasteiger charge is -2.26. The number of quaternary nitrogens is 1. The van der Waals surface area contributed by atoms with Crippen LogP contribution < -0.4 is 5.32 Å². The van der Waals surface area contributed by atoms with Gasteiger partial charge in [-0.3, -0.25) is 13.8 Å². The second kappa shape index (κ2) is 45.6. The van der Waals surface area contributed by atoms with Gasteiger partial charge < -0.3 is 19.8 Å². The van der Waals surface area contributed by atoms with Crippen molar-refractivity contribution < 1.29 is 32.9 Å². The van der Waals surface area contributed by atoms with Crippen LogP contribution in [0.3, 0.4) is 0 Å². The smallest absolute Gasteiger partial charge is 0.391 e. The summed E-state index contributed by atoms with van der Waals surface area (Å²) in [4.78, 5) is 23.3. The van der Waals surface area contributed by atoms with Gasteiger partial charge in [-0.2, -0.15) is 0 Å². The molecule has 62 heavy (non-hydrogen) atoms. The summed E-state index contributed by atoms with van der Waals surface area (Å²) >= 11 is 0. The van der Waals surface area contributed by atoms with Crippen LogP contribution >= 0.6 is 7.82 Å². The molecule has 0 saturated carbocycles. The SMILES string of the molecule is CCCCCCCCCCCCCCCCCCCCCCCCC(O)C(COP(=O)(O)OCC[N+](C)(C)C)NC(=O)CCCCCCCCCCCCCCCCCCCC. The molecule has 0 aromatic heterocycles. The van der Waals surface area contributed by atoms with Crippen LogP contribution in [0.25, 0.3) is 0 Å². The molecule has 0 radical (unpaired) electrons. The van der Waals surface area contributed by atoms with Gasteiger partial charge in [0.25, 0.3) is 0 Å². The summed E-state index contributed by atoms with van der Waals surface area (Å²) < 4.78 is 23.8. The number of likely N-dealkylation sites (N-methyl/N-ethyl adjacent to an activating group) is 1. The molecule has 0 aliphatic carbocycles. The minimum atomic E-state index is -4.31. The summed E-state index contributed by atoms with van der Waals surface area (Å²) in [6, 6.07) is -0.754. The van der Waals surface area contributed by atoms with Crippen molar-refractivity contribution in [1.29, 1.82) is 0 Å². The number of phosphoric acid groups is 1. The second-order valence-corrected chi connectivity index (χ2v) is 21.8. The number of hydrogen-bond donors (Lipinski definition) is 3. The summed E-state index contributed by atoms with van der Waals surface area (Å²) in [5, 5.41) is 14.1.